The summed E-state index contributed by atoms with van der Waals surface area (Å²) in [5.74, 6) is 0. The highest BCUT2D eigenvalue weighted by atomic mass is 16.3. The van der Waals surface area contributed by atoms with E-state index in [9.17, 15) is 0 Å². The van der Waals surface area contributed by atoms with E-state index in [0.29, 0.717) is 0 Å². The quantitative estimate of drug-likeness (QED) is 0.169. The molecule has 1 aromatic heterocycles. The van der Waals surface area contributed by atoms with Crippen molar-refractivity contribution in [1.29, 1.82) is 0 Å². The van der Waals surface area contributed by atoms with Crippen LogP contribution in [0.2, 0.25) is 0 Å². The van der Waals surface area contributed by atoms with Gasteiger partial charge in [-0.15, -0.1) is 0 Å². The molecular weight excluding hydrogens is 617 g/mol. The zero-order chi connectivity index (χ0) is 33.7. The molecule has 51 heavy (non-hydrogen) atoms. The van der Waals surface area contributed by atoms with Gasteiger partial charge in [0.1, 0.15) is 11.2 Å². The van der Waals surface area contributed by atoms with Gasteiger partial charge in [0, 0.05) is 10.8 Å². The maximum Gasteiger partial charge on any atom is 0.135 e. The molecule has 10 rings (SSSR count). The zero-order valence-corrected chi connectivity index (χ0v) is 27.9. The third-order valence-corrected chi connectivity index (χ3v) is 10.3. The number of furan rings is 1. The lowest BCUT2D eigenvalue weighted by Crippen LogP contribution is -1.92. The maximum atomic E-state index is 6.28. The summed E-state index contributed by atoms with van der Waals surface area (Å²) in [5.41, 5.74) is 14.0. The smallest absolute Gasteiger partial charge is 0.135 e. The van der Waals surface area contributed by atoms with Crippen LogP contribution in [0.1, 0.15) is 0 Å². The average Bonchev–Trinajstić information content (AvgIpc) is 3.58. The highest BCUT2D eigenvalue weighted by Gasteiger charge is 2.19. The molecule has 1 heteroatoms. The Balaban J connectivity index is 1.32. The molecular formula is C50H32O. The lowest BCUT2D eigenvalue weighted by molar-refractivity contribution is 0.669. The van der Waals surface area contributed by atoms with E-state index < -0.39 is 0 Å². The van der Waals surface area contributed by atoms with Gasteiger partial charge in [0.15, 0.2) is 0 Å². The molecule has 0 saturated heterocycles. The number of para-hydroxylation sites is 1. The Morgan fingerprint density at radius 2 is 0.686 bits per heavy atom. The van der Waals surface area contributed by atoms with E-state index in [2.05, 4.69) is 188 Å². The second-order valence-electron chi connectivity index (χ2n) is 13.2. The first-order valence-electron chi connectivity index (χ1n) is 17.5. The second-order valence-corrected chi connectivity index (χ2v) is 13.2. The molecule has 9 aromatic carbocycles. The predicted octanol–water partition coefficient (Wildman–Crippen LogP) is 14.2. The molecule has 1 nitrogen and oxygen atoms in total. The van der Waals surface area contributed by atoms with Crippen molar-refractivity contribution in [3.8, 4) is 55.6 Å². The van der Waals surface area contributed by atoms with Crippen LogP contribution >= 0.6 is 0 Å². The molecule has 0 N–H and O–H groups in total. The normalized spacial score (nSPS) is 11.5. The molecule has 0 amide bonds. The van der Waals surface area contributed by atoms with Gasteiger partial charge in [-0.2, -0.15) is 0 Å². The predicted molar refractivity (Wildman–Crippen MR) is 216 cm³/mol. The fraction of sp³-hybridized carbons (Fsp3) is 0. The SMILES string of the molecule is c1ccc(-c2ccccc2-c2cccc3c(-c4ccc5oc6ccccc6c5c4)c4cccc(-c5ccccc5-c5ccccc5)c4cc23)cc1. The summed E-state index contributed by atoms with van der Waals surface area (Å²) in [6.07, 6.45) is 0. The van der Waals surface area contributed by atoms with E-state index >= 15 is 0 Å². The molecule has 1 heterocycles. The van der Waals surface area contributed by atoms with Crippen LogP contribution < -0.4 is 0 Å². The number of hydrogen-bond donors (Lipinski definition) is 0. The van der Waals surface area contributed by atoms with Gasteiger partial charge in [-0.05, 0) is 101 Å². The maximum absolute atomic E-state index is 6.28. The van der Waals surface area contributed by atoms with Gasteiger partial charge in [-0.1, -0.05) is 170 Å². The van der Waals surface area contributed by atoms with Crippen molar-refractivity contribution in [1.82, 2.24) is 0 Å². The zero-order valence-electron chi connectivity index (χ0n) is 27.9. The lowest BCUT2D eigenvalue weighted by atomic mass is 9.84. The fourth-order valence-electron chi connectivity index (χ4n) is 8.00. The Morgan fingerprint density at radius 3 is 1.27 bits per heavy atom. The second kappa shape index (κ2) is 12.0. The van der Waals surface area contributed by atoms with Crippen LogP contribution in [-0.4, -0.2) is 0 Å². The minimum Gasteiger partial charge on any atom is -0.456 e. The fourth-order valence-corrected chi connectivity index (χ4v) is 8.00. The monoisotopic (exact) mass is 648 g/mol. The van der Waals surface area contributed by atoms with Crippen molar-refractivity contribution in [2.75, 3.05) is 0 Å². The van der Waals surface area contributed by atoms with E-state index in [1.165, 1.54) is 77.2 Å². The van der Waals surface area contributed by atoms with Gasteiger partial charge in [-0.25, -0.2) is 0 Å². The molecule has 0 radical (unpaired) electrons. The highest BCUT2D eigenvalue weighted by Crippen LogP contribution is 2.46. The summed E-state index contributed by atoms with van der Waals surface area (Å²) >= 11 is 0. The van der Waals surface area contributed by atoms with Gasteiger partial charge in [0.2, 0.25) is 0 Å². The van der Waals surface area contributed by atoms with Gasteiger partial charge >= 0.3 is 0 Å². The van der Waals surface area contributed by atoms with E-state index in [1.807, 2.05) is 6.07 Å². The first-order chi connectivity index (χ1) is 25.3. The Bertz CT molecular complexity index is 2760. The standard InChI is InChI=1S/C50H32O/c1-3-15-33(16-4-1)36-19-7-9-21-38(36)40-24-13-26-43-45(40)32-46-41(39-22-10-8-20-37(39)34-17-5-2-6-18-34)25-14-27-44(46)50(43)35-29-30-49-47(31-35)42-23-11-12-28-48(42)51-49/h1-32H. The largest absolute Gasteiger partial charge is 0.456 e. The molecule has 0 aliphatic carbocycles. The minimum atomic E-state index is 0.902. The molecule has 0 unspecified atom stereocenters. The number of fused-ring (bicyclic) bond motifs is 5. The Labute approximate surface area is 296 Å². The molecule has 0 atom stereocenters. The van der Waals surface area contributed by atoms with E-state index in [1.54, 1.807) is 0 Å². The first-order valence-corrected chi connectivity index (χ1v) is 17.5. The van der Waals surface area contributed by atoms with Gasteiger partial charge in [0.05, 0.1) is 0 Å². The van der Waals surface area contributed by atoms with Crippen LogP contribution in [0.5, 0.6) is 0 Å². The molecule has 0 fully saturated rings. The Morgan fingerprint density at radius 1 is 0.235 bits per heavy atom. The van der Waals surface area contributed by atoms with Crippen LogP contribution in [0, 0.1) is 0 Å². The van der Waals surface area contributed by atoms with Crippen molar-refractivity contribution < 1.29 is 4.42 Å². The molecule has 0 saturated carbocycles. The third kappa shape index (κ3) is 4.86. The number of hydrogen-bond acceptors (Lipinski definition) is 1. The summed E-state index contributed by atoms with van der Waals surface area (Å²) in [6.45, 7) is 0. The number of benzene rings is 9. The van der Waals surface area contributed by atoms with Crippen LogP contribution in [0.15, 0.2) is 199 Å². The van der Waals surface area contributed by atoms with Crippen molar-refractivity contribution in [2.45, 2.75) is 0 Å². The van der Waals surface area contributed by atoms with Gasteiger partial charge < -0.3 is 4.42 Å². The third-order valence-electron chi connectivity index (χ3n) is 10.3. The summed E-state index contributed by atoms with van der Waals surface area (Å²) < 4.78 is 6.28. The van der Waals surface area contributed by atoms with Crippen molar-refractivity contribution >= 4 is 43.5 Å². The van der Waals surface area contributed by atoms with Crippen molar-refractivity contribution in [3.05, 3.63) is 194 Å². The van der Waals surface area contributed by atoms with Crippen molar-refractivity contribution in [3.63, 3.8) is 0 Å². The van der Waals surface area contributed by atoms with E-state index in [0.717, 1.165) is 21.9 Å². The summed E-state index contributed by atoms with van der Waals surface area (Å²) in [5, 5.41) is 7.17. The average molecular weight is 649 g/mol. The Kier molecular flexibility index (Phi) is 6.89. The molecule has 0 spiro atoms. The number of rotatable bonds is 5. The van der Waals surface area contributed by atoms with Crippen LogP contribution in [-0.2, 0) is 0 Å². The van der Waals surface area contributed by atoms with Gasteiger partial charge in [0.25, 0.3) is 0 Å². The first kappa shape index (κ1) is 29.2. The summed E-state index contributed by atoms with van der Waals surface area (Å²) in [6, 6.07) is 70.1. The summed E-state index contributed by atoms with van der Waals surface area (Å²) in [7, 11) is 0. The molecule has 238 valence electrons. The topological polar surface area (TPSA) is 13.1 Å². The lowest BCUT2D eigenvalue weighted by Gasteiger charge is -2.19. The summed E-state index contributed by atoms with van der Waals surface area (Å²) in [4.78, 5) is 0. The van der Waals surface area contributed by atoms with Crippen LogP contribution in [0.4, 0.5) is 0 Å². The van der Waals surface area contributed by atoms with E-state index in [4.69, 9.17) is 4.42 Å². The van der Waals surface area contributed by atoms with Gasteiger partial charge in [-0.3, -0.25) is 0 Å². The minimum absolute atomic E-state index is 0.902. The van der Waals surface area contributed by atoms with E-state index in [-0.39, 0.29) is 0 Å². The van der Waals surface area contributed by atoms with Crippen LogP contribution in [0.25, 0.3) is 99.1 Å². The molecule has 10 aromatic rings. The molecule has 0 aliphatic rings. The molecule has 0 bridgehead atoms. The molecule has 0 aliphatic heterocycles. The Hall–Kier alpha value is -6.70. The van der Waals surface area contributed by atoms with Crippen LogP contribution in [0.3, 0.4) is 0 Å². The van der Waals surface area contributed by atoms with Crippen molar-refractivity contribution in [2.24, 2.45) is 0 Å². The highest BCUT2D eigenvalue weighted by molar-refractivity contribution is 6.20.